The molecule has 0 atom stereocenters. The number of aromatic nitrogens is 2. The van der Waals surface area contributed by atoms with Crippen molar-refractivity contribution >= 4 is 34.7 Å². The van der Waals surface area contributed by atoms with Crippen LogP contribution in [0.2, 0.25) is 0 Å². The largest absolute Gasteiger partial charge is 0.496 e. The molecule has 152 valence electrons. The molecule has 0 unspecified atom stereocenters. The van der Waals surface area contributed by atoms with Gasteiger partial charge in [-0.25, -0.2) is 9.78 Å². The van der Waals surface area contributed by atoms with Gasteiger partial charge in [0, 0.05) is 11.3 Å². The van der Waals surface area contributed by atoms with Crippen molar-refractivity contribution < 1.29 is 24.2 Å². The Hall–Kier alpha value is -3.00. The summed E-state index contributed by atoms with van der Waals surface area (Å²) in [4.78, 5) is 28.1. The zero-order valence-electron chi connectivity index (χ0n) is 16.4. The van der Waals surface area contributed by atoms with E-state index < -0.39 is 11.9 Å². The smallest absolute Gasteiger partial charge is 0.338 e. The van der Waals surface area contributed by atoms with E-state index in [9.17, 15) is 14.7 Å². The van der Waals surface area contributed by atoms with Crippen LogP contribution in [0.5, 0.6) is 5.75 Å². The van der Waals surface area contributed by atoms with Gasteiger partial charge in [-0.2, -0.15) is 0 Å². The third-order valence-corrected chi connectivity index (χ3v) is 5.15. The van der Waals surface area contributed by atoms with Crippen molar-refractivity contribution in [1.29, 1.82) is 0 Å². The average molecular weight is 414 g/mol. The number of esters is 1. The molecule has 0 amide bonds. The standard InChI is InChI=1S/C21H22N2O5S/c1-13(2)28-20(26)14-8-9-18(27-3)15(10-14)12-29-21-22-16-6-4-5-7-17(16)23(21)11-19(24)25/h4-10,13H,11-12H2,1-3H3,(H,24,25). The lowest BCUT2D eigenvalue weighted by molar-refractivity contribution is -0.137. The second-order valence-electron chi connectivity index (χ2n) is 6.63. The van der Waals surface area contributed by atoms with Crippen molar-refractivity contribution in [3.63, 3.8) is 0 Å². The molecule has 0 bridgehead atoms. The van der Waals surface area contributed by atoms with E-state index in [1.807, 2.05) is 24.3 Å². The van der Waals surface area contributed by atoms with Crippen LogP contribution < -0.4 is 4.74 Å². The second-order valence-corrected chi connectivity index (χ2v) is 7.57. The number of ether oxygens (including phenoxy) is 2. The third-order valence-electron chi connectivity index (χ3n) is 4.13. The molecule has 29 heavy (non-hydrogen) atoms. The molecule has 0 saturated heterocycles. The van der Waals surface area contributed by atoms with Crippen LogP contribution in [0.4, 0.5) is 0 Å². The van der Waals surface area contributed by atoms with E-state index in [-0.39, 0.29) is 12.6 Å². The summed E-state index contributed by atoms with van der Waals surface area (Å²) >= 11 is 1.39. The topological polar surface area (TPSA) is 90.7 Å². The Morgan fingerprint density at radius 2 is 1.97 bits per heavy atom. The van der Waals surface area contributed by atoms with Crippen molar-refractivity contribution in [3.05, 3.63) is 53.6 Å². The maximum atomic E-state index is 12.2. The van der Waals surface area contributed by atoms with Crippen LogP contribution in [0.25, 0.3) is 11.0 Å². The fourth-order valence-corrected chi connectivity index (χ4v) is 3.89. The zero-order valence-corrected chi connectivity index (χ0v) is 17.2. The summed E-state index contributed by atoms with van der Waals surface area (Å²) in [5.41, 5.74) is 2.73. The number of imidazole rings is 1. The van der Waals surface area contributed by atoms with Gasteiger partial charge in [0.05, 0.1) is 29.8 Å². The molecule has 3 rings (SSSR count). The van der Waals surface area contributed by atoms with Gasteiger partial charge in [0.2, 0.25) is 0 Å². The number of methoxy groups -OCH3 is 1. The Kier molecular flexibility index (Phi) is 6.43. The predicted molar refractivity (Wildman–Crippen MR) is 110 cm³/mol. The van der Waals surface area contributed by atoms with Gasteiger partial charge in [-0.1, -0.05) is 23.9 Å². The van der Waals surface area contributed by atoms with Gasteiger partial charge in [-0.15, -0.1) is 0 Å². The van der Waals surface area contributed by atoms with E-state index in [4.69, 9.17) is 9.47 Å². The summed E-state index contributed by atoms with van der Waals surface area (Å²) in [5, 5.41) is 9.87. The zero-order chi connectivity index (χ0) is 21.0. The lowest BCUT2D eigenvalue weighted by Crippen LogP contribution is -2.12. The van der Waals surface area contributed by atoms with Crippen molar-refractivity contribution in [1.82, 2.24) is 9.55 Å². The van der Waals surface area contributed by atoms with E-state index in [1.165, 1.54) is 11.8 Å². The number of aliphatic carboxylic acids is 1. The van der Waals surface area contributed by atoms with Crippen LogP contribution in [-0.2, 0) is 21.8 Å². The van der Waals surface area contributed by atoms with Gasteiger partial charge in [0.15, 0.2) is 5.16 Å². The van der Waals surface area contributed by atoms with E-state index in [0.29, 0.717) is 22.2 Å². The maximum Gasteiger partial charge on any atom is 0.338 e. The molecule has 1 aromatic heterocycles. The monoisotopic (exact) mass is 414 g/mol. The predicted octanol–water partition coefficient (Wildman–Crippen LogP) is 3.99. The molecule has 0 radical (unpaired) electrons. The first-order chi connectivity index (χ1) is 13.9. The number of fused-ring (bicyclic) bond motifs is 1. The van der Waals surface area contributed by atoms with Crippen molar-refractivity contribution in [2.75, 3.05) is 7.11 Å². The molecule has 1 N–H and O–H groups in total. The molecule has 0 fully saturated rings. The Morgan fingerprint density at radius 3 is 2.66 bits per heavy atom. The highest BCUT2D eigenvalue weighted by atomic mass is 32.2. The number of hydrogen-bond acceptors (Lipinski definition) is 6. The Bertz CT molecular complexity index is 1040. The summed E-state index contributed by atoms with van der Waals surface area (Å²) in [6.45, 7) is 3.41. The van der Waals surface area contributed by atoms with E-state index >= 15 is 0 Å². The average Bonchev–Trinajstić information content (AvgIpc) is 3.02. The van der Waals surface area contributed by atoms with Gasteiger partial charge in [0.1, 0.15) is 12.3 Å². The highest BCUT2D eigenvalue weighted by molar-refractivity contribution is 7.98. The van der Waals surface area contributed by atoms with Crippen molar-refractivity contribution in [2.24, 2.45) is 0 Å². The van der Waals surface area contributed by atoms with Crippen LogP contribution in [-0.4, -0.2) is 39.8 Å². The van der Waals surface area contributed by atoms with E-state index in [1.54, 1.807) is 43.7 Å². The first kappa shape index (κ1) is 20.7. The molecule has 0 saturated carbocycles. The number of carboxylic acid groups (broad SMARTS) is 1. The van der Waals surface area contributed by atoms with Gasteiger partial charge >= 0.3 is 11.9 Å². The lowest BCUT2D eigenvalue weighted by Gasteiger charge is -2.12. The van der Waals surface area contributed by atoms with Crippen molar-refractivity contribution in [3.8, 4) is 5.75 Å². The number of carbonyl (C=O) groups is 2. The first-order valence-electron chi connectivity index (χ1n) is 9.06. The Morgan fingerprint density at radius 1 is 1.21 bits per heavy atom. The molecule has 0 aliphatic rings. The van der Waals surface area contributed by atoms with Gasteiger partial charge in [0.25, 0.3) is 0 Å². The minimum Gasteiger partial charge on any atom is -0.496 e. The number of para-hydroxylation sites is 2. The summed E-state index contributed by atoms with van der Waals surface area (Å²) in [5.74, 6) is -0.243. The van der Waals surface area contributed by atoms with E-state index in [0.717, 1.165) is 16.6 Å². The normalized spacial score (nSPS) is 11.0. The first-order valence-corrected chi connectivity index (χ1v) is 10.1. The molecule has 1 heterocycles. The molecular formula is C21H22N2O5S. The highest BCUT2D eigenvalue weighted by Crippen LogP contribution is 2.31. The van der Waals surface area contributed by atoms with Crippen LogP contribution >= 0.6 is 11.8 Å². The molecule has 7 nitrogen and oxygen atoms in total. The summed E-state index contributed by atoms with van der Waals surface area (Å²) < 4.78 is 12.4. The molecule has 8 heteroatoms. The molecule has 0 aliphatic heterocycles. The van der Waals surface area contributed by atoms with Crippen LogP contribution in [0.3, 0.4) is 0 Å². The third kappa shape index (κ3) is 4.89. The summed E-state index contributed by atoms with van der Waals surface area (Å²) in [6.07, 6.45) is -0.210. The highest BCUT2D eigenvalue weighted by Gasteiger charge is 2.16. The summed E-state index contributed by atoms with van der Waals surface area (Å²) in [6, 6.07) is 12.5. The number of nitrogens with zero attached hydrogens (tertiary/aromatic N) is 2. The number of rotatable bonds is 8. The molecule has 0 aliphatic carbocycles. The molecule has 2 aromatic carbocycles. The SMILES string of the molecule is COc1ccc(C(=O)OC(C)C)cc1CSc1nc2ccccc2n1CC(=O)O. The number of thioether (sulfide) groups is 1. The fraction of sp³-hybridized carbons (Fsp3) is 0.286. The second kappa shape index (κ2) is 9.00. The van der Waals surface area contributed by atoms with Crippen molar-refractivity contribution in [2.45, 2.75) is 37.4 Å². The summed E-state index contributed by atoms with van der Waals surface area (Å²) in [7, 11) is 1.56. The number of carbonyl (C=O) groups excluding carboxylic acids is 1. The quantitative estimate of drug-likeness (QED) is 0.440. The number of carboxylic acids is 1. The number of hydrogen-bond donors (Lipinski definition) is 1. The maximum absolute atomic E-state index is 12.2. The molecule has 0 spiro atoms. The van der Waals surface area contributed by atoms with E-state index in [2.05, 4.69) is 4.98 Å². The lowest BCUT2D eigenvalue weighted by atomic mass is 10.1. The van der Waals surface area contributed by atoms with Gasteiger partial charge in [-0.05, 0) is 44.2 Å². The van der Waals surface area contributed by atoms with Crippen LogP contribution in [0.15, 0.2) is 47.6 Å². The van der Waals surface area contributed by atoms with Crippen LogP contribution in [0, 0.1) is 0 Å². The van der Waals surface area contributed by atoms with Crippen LogP contribution in [0.1, 0.15) is 29.8 Å². The Balaban J connectivity index is 1.89. The minimum absolute atomic E-state index is 0.180. The Labute approximate surface area is 172 Å². The minimum atomic E-state index is -0.939. The molecular weight excluding hydrogens is 392 g/mol. The van der Waals surface area contributed by atoms with Gasteiger partial charge < -0.3 is 19.1 Å². The number of benzene rings is 2. The fourth-order valence-electron chi connectivity index (χ4n) is 2.89. The van der Waals surface area contributed by atoms with Gasteiger partial charge in [-0.3, -0.25) is 4.79 Å². The molecule has 3 aromatic rings.